The highest BCUT2D eigenvalue weighted by Crippen LogP contribution is 2.35. The van der Waals surface area contributed by atoms with E-state index in [0.29, 0.717) is 33.3 Å². The average Bonchev–Trinajstić information content (AvgIpc) is 3.02. The Kier molecular flexibility index (Phi) is 5.68. The number of nitrogens with zero attached hydrogens (tertiary/aromatic N) is 3. The predicted molar refractivity (Wildman–Crippen MR) is 95.3 cm³/mol. The Bertz CT molecular complexity index is 898. The highest BCUT2D eigenvalue weighted by Gasteiger charge is 2.19. The van der Waals surface area contributed by atoms with E-state index in [1.54, 1.807) is 30.6 Å². The van der Waals surface area contributed by atoms with Gasteiger partial charge < -0.3 is 14.4 Å². The zero-order valence-corrected chi connectivity index (χ0v) is 14.9. The molecule has 7 nitrogen and oxygen atoms in total. The zero-order chi connectivity index (χ0) is 18.5. The Hall–Kier alpha value is -2.67. The summed E-state index contributed by atoms with van der Waals surface area (Å²) in [6.45, 7) is 2.05. The van der Waals surface area contributed by atoms with E-state index in [-0.39, 0.29) is 18.9 Å². The number of rotatable bonds is 8. The topological polar surface area (TPSA) is 98.3 Å². The summed E-state index contributed by atoms with van der Waals surface area (Å²) in [5, 5.41) is 13.9. The molecule has 0 saturated heterocycles. The molecule has 1 atom stereocenters. The average molecular weight is 376 g/mol. The van der Waals surface area contributed by atoms with Crippen LogP contribution >= 0.6 is 11.6 Å². The Labute approximate surface area is 155 Å². The van der Waals surface area contributed by atoms with E-state index < -0.39 is 5.97 Å². The molecule has 0 radical (unpaired) electrons. The van der Waals surface area contributed by atoms with E-state index in [0.717, 1.165) is 12.8 Å². The van der Waals surface area contributed by atoms with Crippen LogP contribution in [0.5, 0.6) is 5.75 Å². The van der Waals surface area contributed by atoms with E-state index in [4.69, 9.17) is 26.0 Å². The summed E-state index contributed by atoms with van der Waals surface area (Å²) in [6, 6.07) is 5.11. The predicted octanol–water partition coefficient (Wildman–Crippen LogP) is 4.21. The fraction of sp³-hybridized carbons (Fsp3) is 0.333. The van der Waals surface area contributed by atoms with Crippen LogP contribution in [0.15, 0.2) is 35.1 Å². The number of carboxylic acids is 1. The Morgan fingerprint density at radius 1 is 1.35 bits per heavy atom. The van der Waals surface area contributed by atoms with Gasteiger partial charge in [-0.25, -0.2) is 9.97 Å². The molecule has 1 aromatic carbocycles. The van der Waals surface area contributed by atoms with Crippen molar-refractivity contribution in [2.45, 2.75) is 38.7 Å². The van der Waals surface area contributed by atoms with Gasteiger partial charge in [0.05, 0.1) is 17.1 Å². The number of carbonyl (C=O) groups is 1. The molecule has 0 aliphatic carbocycles. The first-order chi connectivity index (χ1) is 12.6. The van der Waals surface area contributed by atoms with Crippen molar-refractivity contribution in [3.05, 3.63) is 47.1 Å². The van der Waals surface area contributed by atoms with Gasteiger partial charge in [0.15, 0.2) is 17.5 Å². The van der Waals surface area contributed by atoms with Crippen molar-refractivity contribution in [2.24, 2.45) is 0 Å². The Morgan fingerprint density at radius 2 is 2.12 bits per heavy atom. The van der Waals surface area contributed by atoms with Crippen LogP contribution in [0.2, 0.25) is 5.02 Å². The smallest absolute Gasteiger partial charge is 0.303 e. The second kappa shape index (κ2) is 8.14. The standard InChI is InChI=1S/C18H18ClN3O4/c1-2-4-14(18-20-7-3-8-21-18)25-16-10-15-11(9-12(16)19)13(22-26-15)5-6-17(23)24/h3,7-10,14H,2,4-6H2,1H3,(H,23,24)/t14-/m0/s1. The van der Waals surface area contributed by atoms with Crippen LogP contribution in [0.3, 0.4) is 0 Å². The molecule has 0 spiro atoms. The maximum Gasteiger partial charge on any atom is 0.303 e. The van der Waals surface area contributed by atoms with E-state index in [2.05, 4.69) is 22.0 Å². The molecule has 8 heteroatoms. The maximum atomic E-state index is 10.8. The molecule has 0 aliphatic rings. The third-order valence-corrected chi connectivity index (χ3v) is 4.16. The number of carboxylic acid groups (broad SMARTS) is 1. The molecule has 0 aliphatic heterocycles. The van der Waals surface area contributed by atoms with Gasteiger partial charge in [0.1, 0.15) is 5.75 Å². The van der Waals surface area contributed by atoms with E-state index in [9.17, 15) is 4.79 Å². The molecular formula is C18H18ClN3O4. The molecule has 2 aromatic heterocycles. The van der Waals surface area contributed by atoms with Crippen molar-refractivity contribution in [1.82, 2.24) is 15.1 Å². The summed E-state index contributed by atoms with van der Waals surface area (Å²) in [6.07, 6.45) is 4.89. The number of aromatic nitrogens is 3. The number of aliphatic carboxylic acids is 1. The first-order valence-electron chi connectivity index (χ1n) is 8.31. The fourth-order valence-electron chi connectivity index (χ4n) is 2.62. The minimum atomic E-state index is -0.891. The number of benzene rings is 1. The van der Waals surface area contributed by atoms with E-state index in [1.807, 2.05) is 0 Å². The van der Waals surface area contributed by atoms with Gasteiger partial charge in [-0.2, -0.15) is 0 Å². The minimum absolute atomic E-state index is 0.0264. The van der Waals surface area contributed by atoms with Crippen molar-refractivity contribution in [2.75, 3.05) is 0 Å². The van der Waals surface area contributed by atoms with Gasteiger partial charge >= 0.3 is 5.97 Å². The zero-order valence-electron chi connectivity index (χ0n) is 14.2. The van der Waals surface area contributed by atoms with Crippen LogP contribution in [0.25, 0.3) is 11.0 Å². The Balaban J connectivity index is 1.87. The third kappa shape index (κ3) is 4.11. The molecule has 3 rings (SSSR count). The first-order valence-corrected chi connectivity index (χ1v) is 8.69. The number of hydrogen-bond donors (Lipinski definition) is 1. The summed E-state index contributed by atoms with van der Waals surface area (Å²) < 4.78 is 11.4. The molecular weight excluding hydrogens is 358 g/mol. The second-order valence-electron chi connectivity index (χ2n) is 5.80. The molecule has 0 bridgehead atoms. The van der Waals surface area contributed by atoms with E-state index >= 15 is 0 Å². The largest absolute Gasteiger partial charge is 0.481 e. The van der Waals surface area contributed by atoms with Gasteiger partial charge in [-0.15, -0.1) is 0 Å². The van der Waals surface area contributed by atoms with Crippen LogP contribution in [0, 0.1) is 0 Å². The minimum Gasteiger partial charge on any atom is -0.481 e. The van der Waals surface area contributed by atoms with Crippen LogP contribution < -0.4 is 4.74 Å². The van der Waals surface area contributed by atoms with Crippen LogP contribution in [-0.4, -0.2) is 26.2 Å². The molecule has 0 saturated carbocycles. The number of fused-ring (bicyclic) bond motifs is 1. The normalized spacial score (nSPS) is 12.2. The monoisotopic (exact) mass is 375 g/mol. The Morgan fingerprint density at radius 3 is 2.81 bits per heavy atom. The molecule has 0 fully saturated rings. The summed E-state index contributed by atoms with van der Waals surface area (Å²) in [5.74, 6) is 0.147. The highest BCUT2D eigenvalue weighted by molar-refractivity contribution is 6.32. The lowest BCUT2D eigenvalue weighted by atomic mass is 10.1. The first kappa shape index (κ1) is 18.1. The fourth-order valence-corrected chi connectivity index (χ4v) is 2.83. The van der Waals surface area contributed by atoms with Crippen molar-refractivity contribution < 1.29 is 19.2 Å². The van der Waals surface area contributed by atoms with Gasteiger partial charge in [-0.05, 0) is 18.6 Å². The van der Waals surface area contributed by atoms with Crippen molar-refractivity contribution in [3.63, 3.8) is 0 Å². The summed E-state index contributed by atoms with van der Waals surface area (Å²) in [5.41, 5.74) is 1.06. The lowest BCUT2D eigenvalue weighted by molar-refractivity contribution is -0.136. The number of halogens is 1. The van der Waals surface area contributed by atoms with Gasteiger partial charge in [-0.1, -0.05) is 30.1 Å². The number of ether oxygens (including phenoxy) is 1. The van der Waals surface area contributed by atoms with Gasteiger partial charge in [0.25, 0.3) is 0 Å². The number of aryl methyl sites for hydroxylation is 1. The van der Waals surface area contributed by atoms with Crippen LogP contribution in [0.1, 0.15) is 43.8 Å². The maximum absolute atomic E-state index is 10.8. The van der Waals surface area contributed by atoms with Gasteiger partial charge in [0.2, 0.25) is 0 Å². The molecule has 3 aromatic rings. The van der Waals surface area contributed by atoms with Crippen molar-refractivity contribution in [1.29, 1.82) is 0 Å². The van der Waals surface area contributed by atoms with Gasteiger partial charge in [-0.3, -0.25) is 4.79 Å². The molecule has 136 valence electrons. The molecule has 0 unspecified atom stereocenters. The summed E-state index contributed by atoms with van der Waals surface area (Å²) in [4.78, 5) is 19.3. The quantitative estimate of drug-likeness (QED) is 0.629. The molecule has 2 heterocycles. The third-order valence-electron chi connectivity index (χ3n) is 3.87. The van der Waals surface area contributed by atoms with Crippen LogP contribution in [-0.2, 0) is 11.2 Å². The van der Waals surface area contributed by atoms with Crippen molar-refractivity contribution >= 4 is 28.5 Å². The molecule has 1 N–H and O–H groups in total. The van der Waals surface area contributed by atoms with Crippen molar-refractivity contribution in [3.8, 4) is 5.75 Å². The lowest BCUT2D eigenvalue weighted by Gasteiger charge is -2.18. The summed E-state index contributed by atoms with van der Waals surface area (Å²) >= 11 is 6.37. The molecule has 0 amide bonds. The number of hydrogen-bond acceptors (Lipinski definition) is 6. The highest BCUT2D eigenvalue weighted by atomic mass is 35.5. The lowest BCUT2D eigenvalue weighted by Crippen LogP contribution is -2.11. The second-order valence-corrected chi connectivity index (χ2v) is 6.21. The van der Waals surface area contributed by atoms with Gasteiger partial charge in [0, 0.05) is 30.3 Å². The van der Waals surface area contributed by atoms with Crippen LogP contribution in [0.4, 0.5) is 0 Å². The SMILES string of the molecule is CCC[C@H](Oc1cc2onc(CCC(=O)O)c2cc1Cl)c1ncccn1. The molecule has 26 heavy (non-hydrogen) atoms. The van der Waals surface area contributed by atoms with E-state index in [1.165, 1.54) is 0 Å². The summed E-state index contributed by atoms with van der Waals surface area (Å²) in [7, 11) is 0.